The van der Waals surface area contributed by atoms with Crippen LogP contribution in [-0.4, -0.2) is 99.0 Å². The van der Waals surface area contributed by atoms with E-state index in [4.69, 9.17) is 25.4 Å². The van der Waals surface area contributed by atoms with Crippen molar-refractivity contribution in [2.75, 3.05) is 56.7 Å². The number of anilines is 4. The molecule has 0 spiro atoms. The molecule has 4 heterocycles. The van der Waals surface area contributed by atoms with Gasteiger partial charge in [0.25, 0.3) is 0 Å². The molecule has 1 aliphatic heterocycles. The molecule has 4 fully saturated rings. The summed E-state index contributed by atoms with van der Waals surface area (Å²) in [7, 11) is 2.02. The quantitative estimate of drug-likeness (QED) is 0.0952. The summed E-state index contributed by atoms with van der Waals surface area (Å²) in [6, 6.07) is 11.7. The number of hydrogen-bond donors (Lipinski definition) is 4. The van der Waals surface area contributed by atoms with Crippen molar-refractivity contribution in [3.8, 4) is 0 Å². The molecule has 4 saturated carbocycles. The van der Waals surface area contributed by atoms with Crippen molar-refractivity contribution in [2.45, 2.75) is 84.7 Å². The second kappa shape index (κ2) is 15.0. The van der Waals surface area contributed by atoms with Crippen LogP contribution >= 0.6 is 11.3 Å². The van der Waals surface area contributed by atoms with Crippen LogP contribution in [0.3, 0.4) is 0 Å². The second-order valence-electron chi connectivity index (χ2n) is 17.9. The fraction of sp³-hybridized carbons (Fsp3) is 0.535. The number of thiazole rings is 1. The first-order valence-electron chi connectivity index (χ1n) is 20.1. The molecule has 3 aromatic heterocycles. The fourth-order valence-electron chi connectivity index (χ4n) is 11.6. The van der Waals surface area contributed by atoms with E-state index in [9.17, 15) is 15.0 Å². The maximum Gasteiger partial charge on any atom is 0.355 e. The Hall–Kier alpha value is -4.50. The maximum atomic E-state index is 12.9. The van der Waals surface area contributed by atoms with Gasteiger partial charge >= 0.3 is 5.97 Å². The Bertz CT molecular complexity index is 2200. The number of para-hydroxylation sites is 1. The lowest BCUT2D eigenvalue weighted by Gasteiger charge is -2.69. The summed E-state index contributed by atoms with van der Waals surface area (Å²) < 4.78 is 7.93. The molecule has 2 atom stereocenters. The monoisotopic (exact) mass is 793 g/mol. The van der Waals surface area contributed by atoms with E-state index < -0.39 is 5.97 Å². The SMILES string of the molecule is CC(=NCC12CC3(C)CC(C)(C1)CC(OCCN(C)CCO)(C3)C2)C(=CN)c1ccc(N2CCCc3c2nnc(Nc2nc4ccccc4s2)c3C)nc1C(=O)O. The first-order valence-corrected chi connectivity index (χ1v) is 20.9. The van der Waals surface area contributed by atoms with Gasteiger partial charge in [0.1, 0.15) is 5.82 Å². The second-order valence-corrected chi connectivity index (χ2v) is 19.0. The molecule has 302 valence electrons. The first-order chi connectivity index (χ1) is 27.2. The maximum absolute atomic E-state index is 12.9. The van der Waals surface area contributed by atoms with Gasteiger partial charge in [0, 0.05) is 60.4 Å². The number of ether oxygens (including phenoxy) is 1. The van der Waals surface area contributed by atoms with Gasteiger partial charge < -0.3 is 35.8 Å². The Balaban J connectivity index is 1.02. The van der Waals surface area contributed by atoms with Gasteiger partial charge in [-0.25, -0.2) is 14.8 Å². The number of benzene rings is 1. The average Bonchev–Trinajstić information content (AvgIpc) is 3.56. The van der Waals surface area contributed by atoms with Gasteiger partial charge in [0.15, 0.2) is 22.5 Å². The Kier molecular flexibility index (Phi) is 10.4. The summed E-state index contributed by atoms with van der Waals surface area (Å²) in [6.45, 7) is 12.3. The minimum absolute atomic E-state index is 0.0153. The number of carboxylic acid groups (broad SMARTS) is 1. The zero-order valence-electron chi connectivity index (χ0n) is 33.8. The number of nitrogens with two attached hydrogens (primary N) is 1. The fourth-order valence-corrected chi connectivity index (χ4v) is 12.4. The number of aliphatic hydroxyl groups excluding tert-OH is 1. The highest BCUT2D eigenvalue weighted by Gasteiger charge is 2.66. The van der Waals surface area contributed by atoms with Gasteiger partial charge in [0.05, 0.1) is 29.0 Å². The predicted octanol–water partition coefficient (Wildman–Crippen LogP) is 7.14. The lowest BCUT2D eigenvalue weighted by molar-refractivity contribution is -0.242. The third-order valence-electron chi connectivity index (χ3n) is 12.8. The number of fused-ring (bicyclic) bond motifs is 2. The van der Waals surface area contributed by atoms with E-state index in [1.165, 1.54) is 12.6 Å². The van der Waals surface area contributed by atoms with Gasteiger partial charge in [-0.15, -0.1) is 10.2 Å². The minimum atomic E-state index is -1.14. The van der Waals surface area contributed by atoms with Crippen LogP contribution in [-0.2, 0) is 11.2 Å². The smallest absolute Gasteiger partial charge is 0.355 e. The van der Waals surface area contributed by atoms with E-state index in [0.717, 1.165) is 78.0 Å². The summed E-state index contributed by atoms with van der Waals surface area (Å²) in [5.74, 6) is 0.679. The van der Waals surface area contributed by atoms with Crippen molar-refractivity contribution in [2.24, 2.45) is 27.0 Å². The molecule has 4 aliphatic carbocycles. The molecule has 13 nitrogen and oxygen atoms in total. The topological polar surface area (TPSA) is 175 Å². The van der Waals surface area contributed by atoms with E-state index in [0.29, 0.717) is 60.5 Å². The van der Waals surface area contributed by atoms with Crippen LogP contribution in [0.2, 0.25) is 0 Å². The molecule has 2 unspecified atom stereocenters. The van der Waals surface area contributed by atoms with Crippen LogP contribution in [0.25, 0.3) is 15.8 Å². The number of likely N-dealkylation sites (N-methyl/N-ethyl adjacent to an activating group) is 1. The van der Waals surface area contributed by atoms with Gasteiger partial charge in [0.2, 0.25) is 0 Å². The minimum Gasteiger partial charge on any atom is -0.476 e. The molecule has 4 bridgehead atoms. The number of nitrogens with zero attached hydrogens (tertiary/aromatic N) is 7. The molecule has 5 N–H and O–H groups in total. The molecule has 1 aromatic carbocycles. The van der Waals surface area contributed by atoms with Crippen molar-refractivity contribution in [1.82, 2.24) is 25.1 Å². The number of aliphatic hydroxyl groups is 1. The molecular formula is C43H55N9O4S. The van der Waals surface area contributed by atoms with E-state index in [1.54, 1.807) is 17.4 Å². The number of aromatic nitrogens is 4. The predicted molar refractivity (Wildman–Crippen MR) is 226 cm³/mol. The summed E-state index contributed by atoms with van der Waals surface area (Å²) in [5, 5.41) is 33.2. The number of pyridine rings is 1. The van der Waals surface area contributed by atoms with Crippen molar-refractivity contribution < 1.29 is 19.7 Å². The number of carboxylic acids is 1. The molecule has 14 heteroatoms. The normalized spacial score (nSPS) is 27.0. The van der Waals surface area contributed by atoms with Crippen molar-refractivity contribution >= 4 is 61.4 Å². The number of hydrogen-bond acceptors (Lipinski definition) is 13. The lowest BCUT2D eigenvalue weighted by Crippen LogP contribution is -2.64. The van der Waals surface area contributed by atoms with Crippen molar-refractivity contribution in [3.05, 3.63) is 65.0 Å². The zero-order chi connectivity index (χ0) is 40.2. The highest BCUT2D eigenvalue weighted by atomic mass is 32.1. The van der Waals surface area contributed by atoms with Crippen molar-refractivity contribution in [1.29, 1.82) is 0 Å². The highest BCUT2D eigenvalue weighted by molar-refractivity contribution is 7.22. The first kappa shape index (κ1) is 39.3. The Labute approximate surface area is 338 Å². The average molecular weight is 794 g/mol. The standard InChI is InChI=1S/C43H55N9O4S/c1-27-29-9-8-14-52(37(29)50-49-36(27)48-39-46-32-10-6-7-11-33(32)57-39)34-13-12-30(35(47-34)38(54)55)31(19-44)28(2)45-26-42-21-40(3)20-41(4,22-42)24-43(23-40,25-42)56-18-16-51(5)15-17-53/h6-7,10-13,19,53H,8-9,14-18,20-26,44H2,1-5H3,(H,54,55)(H,46,48,49). The van der Waals surface area contributed by atoms with Gasteiger partial charge in [-0.1, -0.05) is 37.3 Å². The van der Waals surface area contributed by atoms with Crippen LogP contribution in [0.1, 0.15) is 92.9 Å². The molecule has 0 amide bonds. The number of allylic oxidation sites excluding steroid dienone is 1. The van der Waals surface area contributed by atoms with Crippen LogP contribution in [0.15, 0.2) is 47.6 Å². The summed E-state index contributed by atoms with van der Waals surface area (Å²) in [6.07, 6.45) is 9.60. The van der Waals surface area contributed by atoms with Gasteiger partial charge in [-0.3, -0.25) is 4.99 Å². The number of rotatable bonds is 14. The number of carbonyl (C=O) groups is 1. The molecule has 0 radical (unpaired) electrons. The van der Waals surface area contributed by atoms with Crippen LogP contribution in [0.4, 0.5) is 22.6 Å². The third kappa shape index (κ3) is 7.64. The van der Waals surface area contributed by atoms with Gasteiger partial charge in [-0.2, -0.15) is 0 Å². The van der Waals surface area contributed by atoms with Gasteiger partial charge in [-0.05, 0) is 113 Å². The zero-order valence-corrected chi connectivity index (χ0v) is 34.6. The van der Waals surface area contributed by atoms with E-state index in [1.807, 2.05) is 56.1 Å². The summed E-state index contributed by atoms with van der Waals surface area (Å²) in [5.41, 5.74) is 11.0. The molecular weight excluding hydrogens is 739 g/mol. The molecule has 9 rings (SSSR count). The largest absolute Gasteiger partial charge is 0.476 e. The summed E-state index contributed by atoms with van der Waals surface area (Å²) >= 11 is 1.57. The molecule has 5 aliphatic rings. The summed E-state index contributed by atoms with van der Waals surface area (Å²) in [4.78, 5) is 31.6. The van der Waals surface area contributed by atoms with E-state index in [2.05, 4.69) is 34.3 Å². The van der Waals surface area contributed by atoms with Crippen LogP contribution in [0.5, 0.6) is 0 Å². The number of aromatic carboxylic acids is 1. The van der Waals surface area contributed by atoms with Crippen molar-refractivity contribution in [3.63, 3.8) is 0 Å². The third-order valence-corrected chi connectivity index (χ3v) is 13.7. The lowest BCUT2D eigenvalue weighted by atomic mass is 9.39. The van der Waals surface area contributed by atoms with Crippen LogP contribution in [0, 0.1) is 23.2 Å². The number of aliphatic imine (C=N–C) groups is 1. The van der Waals surface area contributed by atoms with Crippen LogP contribution < -0.4 is 16.0 Å². The molecule has 0 saturated heterocycles. The molecule has 4 aromatic rings. The highest BCUT2D eigenvalue weighted by Crippen LogP contribution is 2.71. The molecule has 57 heavy (non-hydrogen) atoms. The number of nitrogens with one attached hydrogen (secondary N) is 1. The Morgan fingerprint density at radius 3 is 2.56 bits per heavy atom. The Morgan fingerprint density at radius 2 is 1.84 bits per heavy atom. The van der Waals surface area contributed by atoms with E-state index in [-0.39, 0.29) is 34.1 Å². The van der Waals surface area contributed by atoms with E-state index >= 15 is 0 Å². The Morgan fingerprint density at radius 1 is 1.07 bits per heavy atom.